The monoisotopic (exact) mass is 316 g/mol. The van der Waals surface area contributed by atoms with E-state index in [-0.39, 0.29) is 0 Å². The summed E-state index contributed by atoms with van der Waals surface area (Å²) >= 11 is 0. The predicted octanol–water partition coefficient (Wildman–Crippen LogP) is 2.64. The van der Waals surface area contributed by atoms with Gasteiger partial charge in [0.05, 0.1) is 19.0 Å². The molecule has 19 heavy (non-hydrogen) atoms. The minimum absolute atomic E-state index is 1.03. The Morgan fingerprint density at radius 2 is 1.37 bits per heavy atom. The van der Waals surface area contributed by atoms with Gasteiger partial charge in [-0.05, 0) is 0 Å². The first-order valence-corrected chi connectivity index (χ1v) is 6.70. The Bertz CT molecular complexity index is 341. The highest BCUT2D eigenvalue weighted by Crippen LogP contribution is 2.38. The number of Topliss-reactive ketones (excluding diaryl/α,β-unsaturated/α-hetero) is 1. The van der Waals surface area contributed by atoms with Gasteiger partial charge < -0.3 is 9.79 Å². The molecule has 0 atom stereocenters. The Morgan fingerprint density at radius 3 is 1.63 bits per heavy atom. The second kappa shape index (κ2) is 6.23. The largest absolute Gasteiger partial charge is 0.389 e. The highest BCUT2D eigenvalue weighted by Gasteiger charge is 2.41. The molecule has 0 amide bonds. The van der Waals surface area contributed by atoms with Crippen molar-refractivity contribution in [2.24, 2.45) is 5.92 Å². The van der Waals surface area contributed by atoms with E-state index in [4.69, 9.17) is 9.79 Å². The lowest BCUT2D eigenvalue weighted by molar-refractivity contribution is -0.177. The molecule has 114 valence electrons. The second-order valence-electron chi connectivity index (χ2n) is 3.94. The fraction of sp³-hybridized carbons (Fsp3) is 0.875. The highest BCUT2D eigenvalue weighted by molar-refractivity contribution is 7.51. The van der Waals surface area contributed by atoms with Crippen molar-refractivity contribution in [1.29, 1.82) is 0 Å². The van der Waals surface area contributed by atoms with Crippen LogP contribution in [-0.4, -0.2) is 34.1 Å². The molecule has 0 aromatic carbocycles. The standard InChI is InChI=1S/C8H11F6O4P/c9-7(10,11)3-5(4-8(12,13)14)6(15)1-2-19(16,17)18/h5H,1-4H2,(H2,16,17,18). The molecule has 4 nitrogen and oxygen atoms in total. The molecular weight excluding hydrogens is 305 g/mol. The molecule has 2 N–H and O–H groups in total. The summed E-state index contributed by atoms with van der Waals surface area (Å²) in [7, 11) is -4.64. The van der Waals surface area contributed by atoms with Gasteiger partial charge in [-0.1, -0.05) is 0 Å². The number of hydrogen-bond donors (Lipinski definition) is 2. The summed E-state index contributed by atoms with van der Waals surface area (Å²) in [5, 5.41) is 0. The first-order valence-electron chi connectivity index (χ1n) is 4.90. The van der Waals surface area contributed by atoms with E-state index in [2.05, 4.69) is 0 Å². The number of carbonyl (C=O) groups excluding carboxylic acids is 1. The second-order valence-corrected chi connectivity index (χ2v) is 5.72. The van der Waals surface area contributed by atoms with Crippen LogP contribution >= 0.6 is 7.60 Å². The van der Waals surface area contributed by atoms with Gasteiger partial charge in [-0.25, -0.2) is 0 Å². The zero-order valence-electron chi connectivity index (χ0n) is 9.33. The maximum atomic E-state index is 12.0. The molecule has 0 saturated heterocycles. The minimum atomic E-state index is -4.96. The molecule has 0 fully saturated rings. The Balaban J connectivity index is 4.74. The number of alkyl halides is 6. The molecule has 0 aliphatic heterocycles. The third-order valence-electron chi connectivity index (χ3n) is 2.06. The van der Waals surface area contributed by atoms with Crippen molar-refractivity contribution in [3.05, 3.63) is 0 Å². The van der Waals surface area contributed by atoms with Gasteiger partial charge >= 0.3 is 19.9 Å². The average molecular weight is 316 g/mol. The summed E-state index contributed by atoms with van der Waals surface area (Å²) in [5.74, 6) is -3.83. The van der Waals surface area contributed by atoms with E-state index in [9.17, 15) is 35.7 Å². The Morgan fingerprint density at radius 1 is 1.00 bits per heavy atom. The molecule has 0 bridgehead atoms. The summed E-state index contributed by atoms with van der Waals surface area (Å²) in [6.07, 6.45) is -16.0. The number of halogens is 6. The molecular formula is C8H11F6O4P. The van der Waals surface area contributed by atoms with Crippen LogP contribution in [0.1, 0.15) is 19.3 Å². The molecule has 11 heteroatoms. The topological polar surface area (TPSA) is 74.6 Å². The quantitative estimate of drug-likeness (QED) is 0.583. The molecule has 0 rings (SSSR count). The molecule has 0 heterocycles. The van der Waals surface area contributed by atoms with Crippen LogP contribution in [0.2, 0.25) is 0 Å². The van der Waals surface area contributed by atoms with Crippen LogP contribution in [0.5, 0.6) is 0 Å². The number of ketones is 1. The maximum absolute atomic E-state index is 12.0. The summed E-state index contributed by atoms with van der Waals surface area (Å²) in [5.41, 5.74) is 0. The van der Waals surface area contributed by atoms with E-state index in [0.717, 1.165) is 0 Å². The zero-order valence-corrected chi connectivity index (χ0v) is 10.2. The predicted molar refractivity (Wildman–Crippen MR) is 51.4 cm³/mol. The van der Waals surface area contributed by atoms with Crippen molar-refractivity contribution >= 4 is 13.4 Å². The van der Waals surface area contributed by atoms with E-state index in [1.807, 2.05) is 0 Å². The molecule has 0 aliphatic rings. The summed E-state index contributed by atoms with van der Waals surface area (Å²) < 4.78 is 82.7. The first-order chi connectivity index (χ1) is 8.20. The van der Waals surface area contributed by atoms with Crippen molar-refractivity contribution in [3.8, 4) is 0 Å². The Kier molecular flexibility index (Phi) is 6.04. The van der Waals surface area contributed by atoms with Gasteiger partial charge in [0.15, 0.2) is 0 Å². The van der Waals surface area contributed by atoms with Gasteiger partial charge in [0.25, 0.3) is 0 Å². The molecule has 0 aromatic heterocycles. The molecule has 0 spiro atoms. The maximum Gasteiger partial charge on any atom is 0.389 e. The average Bonchev–Trinajstić information content (AvgIpc) is 2.07. The van der Waals surface area contributed by atoms with Crippen LogP contribution in [0, 0.1) is 5.92 Å². The lowest BCUT2D eigenvalue weighted by Gasteiger charge is -2.19. The van der Waals surface area contributed by atoms with E-state index in [0.29, 0.717) is 0 Å². The van der Waals surface area contributed by atoms with Crippen LogP contribution in [0.3, 0.4) is 0 Å². The van der Waals surface area contributed by atoms with Crippen LogP contribution in [-0.2, 0) is 9.36 Å². The van der Waals surface area contributed by atoms with Crippen molar-refractivity contribution in [3.63, 3.8) is 0 Å². The van der Waals surface area contributed by atoms with E-state index in [1.54, 1.807) is 0 Å². The highest BCUT2D eigenvalue weighted by atomic mass is 31.2. The van der Waals surface area contributed by atoms with Crippen molar-refractivity contribution in [2.75, 3.05) is 6.16 Å². The van der Waals surface area contributed by atoms with Crippen LogP contribution in [0.4, 0.5) is 26.3 Å². The van der Waals surface area contributed by atoms with Crippen LogP contribution in [0.15, 0.2) is 0 Å². The molecule has 0 unspecified atom stereocenters. The van der Waals surface area contributed by atoms with E-state index < -0.39 is 57.1 Å². The molecule has 0 radical (unpaired) electrons. The van der Waals surface area contributed by atoms with Crippen LogP contribution < -0.4 is 0 Å². The van der Waals surface area contributed by atoms with Gasteiger partial charge in [0.2, 0.25) is 0 Å². The number of carbonyl (C=O) groups is 1. The fourth-order valence-electron chi connectivity index (χ4n) is 1.32. The van der Waals surface area contributed by atoms with Crippen molar-refractivity contribution in [1.82, 2.24) is 0 Å². The molecule has 0 saturated carbocycles. The lowest BCUT2D eigenvalue weighted by atomic mass is 9.94. The SMILES string of the molecule is O=C(CCP(=O)(O)O)C(CC(F)(F)F)CC(F)(F)F. The van der Waals surface area contributed by atoms with Gasteiger partial charge in [-0.2, -0.15) is 26.3 Å². The summed E-state index contributed by atoms with van der Waals surface area (Å²) in [4.78, 5) is 28.1. The smallest absolute Gasteiger partial charge is 0.324 e. The summed E-state index contributed by atoms with van der Waals surface area (Å²) in [6, 6.07) is 0. The van der Waals surface area contributed by atoms with Gasteiger partial charge in [-0.3, -0.25) is 9.36 Å². The van der Waals surface area contributed by atoms with Gasteiger partial charge in [0, 0.05) is 12.3 Å². The third kappa shape index (κ3) is 11.0. The molecule has 0 aliphatic carbocycles. The van der Waals surface area contributed by atoms with Gasteiger partial charge in [0.1, 0.15) is 5.78 Å². The third-order valence-corrected chi connectivity index (χ3v) is 2.87. The Hall–Kier alpha value is -0.600. The fourth-order valence-corrected chi connectivity index (χ4v) is 1.83. The first kappa shape index (κ1) is 18.4. The van der Waals surface area contributed by atoms with Gasteiger partial charge in [-0.15, -0.1) is 0 Å². The minimum Gasteiger partial charge on any atom is -0.324 e. The Labute approximate surface area is 103 Å². The molecule has 0 aromatic rings. The van der Waals surface area contributed by atoms with E-state index >= 15 is 0 Å². The zero-order chi connectivity index (χ0) is 15.5. The number of rotatable bonds is 6. The van der Waals surface area contributed by atoms with Crippen molar-refractivity contribution in [2.45, 2.75) is 31.6 Å². The van der Waals surface area contributed by atoms with Crippen molar-refractivity contribution < 1.29 is 45.5 Å². The normalized spacial score (nSPS) is 13.9. The van der Waals surface area contributed by atoms with Crippen LogP contribution in [0.25, 0.3) is 0 Å². The lowest BCUT2D eigenvalue weighted by Crippen LogP contribution is -2.28. The summed E-state index contributed by atoms with van der Waals surface area (Å²) in [6.45, 7) is 0. The number of hydrogen-bond acceptors (Lipinski definition) is 2. The van der Waals surface area contributed by atoms with E-state index in [1.165, 1.54) is 0 Å².